The summed E-state index contributed by atoms with van der Waals surface area (Å²) in [6, 6.07) is 19.5. The average molecular weight is 343 g/mol. The van der Waals surface area contributed by atoms with E-state index in [0.717, 1.165) is 38.8 Å². The Morgan fingerprint density at radius 2 is 1.69 bits per heavy atom. The standard InChI is InChI=1S/C21H17N3O2/c1-14-20(24-19-9-5-4-8-18(19)23-14)13-26-21-11-10-15-6-2-3-7-16(15)17(21)12-22-25/h2-12,25H,13H2,1H3/b22-12+. The summed E-state index contributed by atoms with van der Waals surface area (Å²) >= 11 is 0. The monoisotopic (exact) mass is 343 g/mol. The van der Waals surface area contributed by atoms with Gasteiger partial charge >= 0.3 is 0 Å². The molecule has 0 bridgehead atoms. The van der Waals surface area contributed by atoms with E-state index in [4.69, 9.17) is 9.94 Å². The van der Waals surface area contributed by atoms with Crippen LogP contribution in [-0.2, 0) is 6.61 Å². The van der Waals surface area contributed by atoms with Gasteiger partial charge in [0.2, 0.25) is 0 Å². The first-order valence-electron chi connectivity index (χ1n) is 8.30. The van der Waals surface area contributed by atoms with Crippen molar-refractivity contribution in [1.82, 2.24) is 9.97 Å². The summed E-state index contributed by atoms with van der Waals surface area (Å²) in [6.45, 7) is 2.21. The topological polar surface area (TPSA) is 67.6 Å². The van der Waals surface area contributed by atoms with E-state index in [1.807, 2.05) is 67.6 Å². The van der Waals surface area contributed by atoms with Crippen molar-refractivity contribution >= 4 is 28.0 Å². The number of oxime groups is 1. The first kappa shape index (κ1) is 16.0. The van der Waals surface area contributed by atoms with Gasteiger partial charge in [-0.05, 0) is 35.9 Å². The van der Waals surface area contributed by atoms with Crippen molar-refractivity contribution in [1.29, 1.82) is 0 Å². The Morgan fingerprint density at radius 3 is 2.50 bits per heavy atom. The van der Waals surface area contributed by atoms with Gasteiger partial charge in [-0.3, -0.25) is 0 Å². The molecule has 1 aromatic heterocycles. The lowest BCUT2D eigenvalue weighted by molar-refractivity contribution is 0.299. The third kappa shape index (κ3) is 2.95. The van der Waals surface area contributed by atoms with Crippen molar-refractivity contribution < 1.29 is 9.94 Å². The van der Waals surface area contributed by atoms with Gasteiger partial charge in [-0.25, -0.2) is 9.97 Å². The van der Waals surface area contributed by atoms with Crippen molar-refractivity contribution in [3.63, 3.8) is 0 Å². The van der Waals surface area contributed by atoms with Gasteiger partial charge in [0.1, 0.15) is 12.4 Å². The smallest absolute Gasteiger partial charge is 0.132 e. The lowest BCUT2D eigenvalue weighted by Gasteiger charge is -2.12. The van der Waals surface area contributed by atoms with Crippen LogP contribution in [0.1, 0.15) is 17.0 Å². The quantitative estimate of drug-likeness (QED) is 0.337. The number of rotatable bonds is 4. The van der Waals surface area contributed by atoms with E-state index in [1.54, 1.807) is 0 Å². The number of hydrogen-bond donors (Lipinski definition) is 1. The largest absolute Gasteiger partial charge is 0.487 e. The van der Waals surface area contributed by atoms with Crippen LogP contribution in [0.2, 0.25) is 0 Å². The number of benzene rings is 3. The molecular formula is C21H17N3O2. The molecule has 128 valence electrons. The molecule has 4 rings (SSSR count). The van der Waals surface area contributed by atoms with Gasteiger partial charge in [0.25, 0.3) is 0 Å². The molecule has 1 heterocycles. The number of para-hydroxylation sites is 2. The van der Waals surface area contributed by atoms with Crippen LogP contribution in [0, 0.1) is 6.92 Å². The number of aromatic nitrogens is 2. The van der Waals surface area contributed by atoms with Crippen molar-refractivity contribution in [2.45, 2.75) is 13.5 Å². The first-order chi connectivity index (χ1) is 12.8. The molecule has 0 aliphatic heterocycles. The van der Waals surface area contributed by atoms with Crippen LogP contribution in [0.25, 0.3) is 21.8 Å². The molecule has 0 aliphatic rings. The molecule has 0 unspecified atom stereocenters. The summed E-state index contributed by atoms with van der Waals surface area (Å²) in [5.74, 6) is 0.635. The third-order valence-electron chi connectivity index (χ3n) is 4.32. The molecule has 0 radical (unpaired) electrons. The van der Waals surface area contributed by atoms with E-state index in [0.29, 0.717) is 5.75 Å². The van der Waals surface area contributed by atoms with Gasteiger partial charge in [-0.15, -0.1) is 0 Å². The Balaban J connectivity index is 1.70. The summed E-state index contributed by atoms with van der Waals surface area (Å²) in [5.41, 5.74) is 4.06. The van der Waals surface area contributed by atoms with Gasteiger partial charge in [0.05, 0.1) is 28.6 Å². The van der Waals surface area contributed by atoms with Gasteiger partial charge in [0, 0.05) is 5.56 Å². The fourth-order valence-corrected chi connectivity index (χ4v) is 3.00. The predicted octanol–water partition coefficient (Wildman–Crippen LogP) is 4.48. The van der Waals surface area contributed by atoms with Crippen LogP contribution in [-0.4, -0.2) is 21.4 Å². The lowest BCUT2D eigenvalue weighted by atomic mass is 10.0. The summed E-state index contributed by atoms with van der Waals surface area (Å²) in [5, 5.41) is 14.3. The normalized spacial score (nSPS) is 11.4. The molecule has 1 N–H and O–H groups in total. The summed E-state index contributed by atoms with van der Waals surface area (Å²) in [6.07, 6.45) is 1.40. The zero-order valence-electron chi connectivity index (χ0n) is 14.3. The highest BCUT2D eigenvalue weighted by molar-refractivity contribution is 6.02. The summed E-state index contributed by atoms with van der Waals surface area (Å²) in [4.78, 5) is 9.25. The van der Waals surface area contributed by atoms with E-state index in [9.17, 15) is 0 Å². The fraction of sp³-hybridized carbons (Fsp3) is 0.0952. The van der Waals surface area contributed by atoms with Crippen LogP contribution < -0.4 is 4.74 Å². The van der Waals surface area contributed by atoms with Gasteiger partial charge in [-0.2, -0.15) is 0 Å². The van der Waals surface area contributed by atoms with Crippen molar-refractivity contribution in [2.75, 3.05) is 0 Å². The van der Waals surface area contributed by atoms with E-state index in [2.05, 4.69) is 15.1 Å². The molecule has 0 atom stereocenters. The Bertz CT molecular complexity index is 1120. The van der Waals surface area contributed by atoms with E-state index in [1.165, 1.54) is 6.21 Å². The zero-order chi connectivity index (χ0) is 17.9. The second-order valence-corrected chi connectivity index (χ2v) is 5.98. The molecule has 26 heavy (non-hydrogen) atoms. The maximum absolute atomic E-state index is 9.04. The molecule has 0 saturated carbocycles. The molecule has 5 nitrogen and oxygen atoms in total. The highest BCUT2D eigenvalue weighted by Crippen LogP contribution is 2.27. The van der Waals surface area contributed by atoms with E-state index >= 15 is 0 Å². The first-order valence-corrected chi connectivity index (χ1v) is 8.30. The minimum absolute atomic E-state index is 0.286. The van der Waals surface area contributed by atoms with Crippen molar-refractivity contribution in [3.8, 4) is 5.75 Å². The number of hydrogen-bond acceptors (Lipinski definition) is 5. The predicted molar refractivity (Wildman–Crippen MR) is 102 cm³/mol. The minimum Gasteiger partial charge on any atom is -0.487 e. The highest BCUT2D eigenvalue weighted by Gasteiger charge is 2.10. The Morgan fingerprint density at radius 1 is 0.962 bits per heavy atom. The highest BCUT2D eigenvalue weighted by atomic mass is 16.5. The van der Waals surface area contributed by atoms with Crippen molar-refractivity contribution in [2.24, 2.45) is 5.16 Å². The molecule has 0 amide bonds. The molecule has 0 spiro atoms. The zero-order valence-corrected chi connectivity index (χ0v) is 14.3. The molecule has 0 saturated heterocycles. The van der Waals surface area contributed by atoms with Crippen LogP contribution in [0.5, 0.6) is 5.75 Å². The van der Waals surface area contributed by atoms with Gasteiger partial charge < -0.3 is 9.94 Å². The number of ether oxygens (including phenoxy) is 1. The summed E-state index contributed by atoms with van der Waals surface area (Å²) < 4.78 is 6.01. The molecular weight excluding hydrogens is 326 g/mol. The fourth-order valence-electron chi connectivity index (χ4n) is 3.00. The van der Waals surface area contributed by atoms with E-state index < -0.39 is 0 Å². The van der Waals surface area contributed by atoms with Crippen molar-refractivity contribution in [3.05, 3.63) is 77.6 Å². The molecule has 3 aromatic carbocycles. The van der Waals surface area contributed by atoms with Crippen LogP contribution >= 0.6 is 0 Å². The average Bonchev–Trinajstić information content (AvgIpc) is 2.67. The maximum atomic E-state index is 9.04. The van der Waals surface area contributed by atoms with Crippen LogP contribution in [0.15, 0.2) is 65.8 Å². The SMILES string of the molecule is Cc1nc2ccccc2nc1COc1ccc2ccccc2c1/C=N/O. The summed E-state index contributed by atoms with van der Waals surface area (Å²) in [7, 11) is 0. The third-order valence-corrected chi connectivity index (χ3v) is 4.32. The molecule has 5 heteroatoms. The second-order valence-electron chi connectivity index (χ2n) is 5.98. The van der Waals surface area contributed by atoms with Gasteiger partial charge in [-0.1, -0.05) is 47.6 Å². The maximum Gasteiger partial charge on any atom is 0.132 e. The van der Waals surface area contributed by atoms with E-state index in [-0.39, 0.29) is 6.61 Å². The number of aryl methyl sites for hydroxylation is 1. The molecule has 0 fully saturated rings. The Kier molecular flexibility index (Phi) is 4.19. The number of nitrogens with zero attached hydrogens (tertiary/aromatic N) is 3. The van der Waals surface area contributed by atoms with Crippen LogP contribution in [0.4, 0.5) is 0 Å². The Hall–Kier alpha value is -3.47. The van der Waals surface area contributed by atoms with Gasteiger partial charge in [0.15, 0.2) is 0 Å². The minimum atomic E-state index is 0.286. The number of fused-ring (bicyclic) bond motifs is 2. The lowest BCUT2D eigenvalue weighted by Crippen LogP contribution is -2.05. The van der Waals surface area contributed by atoms with Crippen LogP contribution in [0.3, 0.4) is 0 Å². The Labute approximate surface area is 150 Å². The molecule has 0 aliphatic carbocycles. The molecule has 4 aromatic rings. The second kappa shape index (κ2) is 6.80.